The number of aryl methyl sites for hydroxylation is 1. The Morgan fingerprint density at radius 3 is 2.79 bits per heavy atom. The molecule has 0 saturated carbocycles. The van der Waals surface area contributed by atoms with Crippen molar-refractivity contribution >= 4 is 12.2 Å². The maximum atomic E-state index is 11.1. The van der Waals surface area contributed by atoms with Gasteiger partial charge in [-0.15, -0.1) is 0 Å². The number of hydrogen-bond donors (Lipinski definition) is 1. The second-order valence-electron chi connectivity index (χ2n) is 3.17. The number of carbonyl (C=O) groups is 2. The highest BCUT2D eigenvalue weighted by molar-refractivity contribution is 5.84. The molecule has 14 heavy (non-hydrogen) atoms. The van der Waals surface area contributed by atoms with Crippen molar-refractivity contribution in [1.29, 1.82) is 0 Å². The second kappa shape index (κ2) is 4.56. The topological polar surface area (TPSA) is 46.2 Å². The van der Waals surface area contributed by atoms with Crippen LogP contribution in [0.5, 0.6) is 0 Å². The van der Waals surface area contributed by atoms with E-state index in [0.29, 0.717) is 5.56 Å². The zero-order chi connectivity index (χ0) is 10.6. The average Bonchev–Trinajstić information content (AvgIpc) is 2.20. The lowest BCUT2D eigenvalue weighted by Gasteiger charge is -2.04. The molecule has 1 amide bonds. The van der Waals surface area contributed by atoms with Gasteiger partial charge in [0.25, 0.3) is 0 Å². The van der Waals surface area contributed by atoms with Crippen LogP contribution in [0.2, 0.25) is 0 Å². The van der Waals surface area contributed by atoms with Crippen molar-refractivity contribution in [3.63, 3.8) is 0 Å². The largest absolute Gasteiger partial charge is 0.359 e. The number of rotatable bonds is 3. The fraction of sp³-hybridized carbons (Fsp3) is 0.273. The first-order chi connectivity index (χ1) is 6.67. The van der Waals surface area contributed by atoms with Crippen molar-refractivity contribution in [2.24, 2.45) is 0 Å². The van der Waals surface area contributed by atoms with Gasteiger partial charge in [-0.25, -0.2) is 0 Å². The lowest BCUT2D eigenvalue weighted by Crippen LogP contribution is -2.20. The second-order valence-corrected chi connectivity index (χ2v) is 3.17. The molecule has 74 valence electrons. The lowest BCUT2D eigenvalue weighted by molar-refractivity contribution is -0.119. The van der Waals surface area contributed by atoms with Gasteiger partial charge in [0.05, 0.1) is 6.42 Å². The number of nitrogens with one attached hydrogen (secondary N) is 1. The van der Waals surface area contributed by atoms with E-state index in [1.165, 1.54) is 0 Å². The van der Waals surface area contributed by atoms with E-state index in [2.05, 4.69) is 5.32 Å². The summed E-state index contributed by atoms with van der Waals surface area (Å²) < 4.78 is 0. The highest BCUT2D eigenvalue weighted by Gasteiger charge is 2.05. The van der Waals surface area contributed by atoms with Crippen molar-refractivity contribution in [3.8, 4) is 0 Å². The maximum absolute atomic E-state index is 11.1. The molecule has 0 atom stereocenters. The standard InChI is InChI=1S/C11H13NO2/c1-8-3-4-9(6-11(14)12-2)10(5-8)7-13/h3-5,7H,6H2,1-2H3,(H,12,14). The molecule has 0 heterocycles. The molecule has 1 aromatic rings. The molecule has 1 rings (SSSR count). The van der Waals surface area contributed by atoms with Crippen LogP contribution in [0.15, 0.2) is 18.2 Å². The van der Waals surface area contributed by atoms with E-state index in [4.69, 9.17) is 0 Å². The van der Waals surface area contributed by atoms with E-state index >= 15 is 0 Å². The number of hydrogen-bond acceptors (Lipinski definition) is 2. The van der Waals surface area contributed by atoms with Crippen molar-refractivity contribution in [1.82, 2.24) is 5.32 Å². The molecule has 0 spiro atoms. The molecular formula is C11H13NO2. The molecular weight excluding hydrogens is 178 g/mol. The van der Waals surface area contributed by atoms with Crippen LogP contribution in [-0.2, 0) is 11.2 Å². The van der Waals surface area contributed by atoms with Gasteiger partial charge in [-0.1, -0.05) is 17.7 Å². The van der Waals surface area contributed by atoms with Crippen LogP contribution in [0.1, 0.15) is 21.5 Å². The summed E-state index contributed by atoms with van der Waals surface area (Å²) in [6, 6.07) is 5.49. The molecule has 0 bridgehead atoms. The number of amides is 1. The van der Waals surface area contributed by atoms with Crippen molar-refractivity contribution < 1.29 is 9.59 Å². The molecule has 3 heteroatoms. The first-order valence-corrected chi connectivity index (χ1v) is 4.42. The Labute approximate surface area is 83.1 Å². The Hall–Kier alpha value is -1.64. The molecule has 0 aliphatic rings. The third kappa shape index (κ3) is 2.42. The maximum Gasteiger partial charge on any atom is 0.224 e. The molecule has 0 unspecified atom stereocenters. The number of likely N-dealkylation sites (N-methyl/N-ethyl adjacent to an activating group) is 1. The van der Waals surface area contributed by atoms with Gasteiger partial charge >= 0.3 is 0 Å². The summed E-state index contributed by atoms with van der Waals surface area (Å²) in [5.41, 5.74) is 2.38. The predicted octanol–water partition coefficient (Wildman–Crippen LogP) is 1.10. The Morgan fingerprint density at radius 1 is 1.50 bits per heavy atom. The molecule has 1 aromatic carbocycles. The van der Waals surface area contributed by atoms with Gasteiger partial charge in [-0.2, -0.15) is 0 Å². The number of carbonyl (C=O) groups excluding carboxylic acids is 2. The quantitative estimate of drug-likeness (QED) is 0.727. The fourth-order valence-electron chi connectivity index (χ4n) is 1.25. The van der Waals surface area contributed by atoms with E-state index in [9.17, 15) is 9.59 Å². The predicted molar refractivity (Wildman–Crippen MR) is 54.3 cm³/mol. The van der Waals surface area contributed by atoms with Crippen LogP contribution in [-0.4, -0.2) is 19.2 Å². The fourth-order valence-corrected chi connectivity index (χ4v) is 1.25. The zero-order valence-corrected chi connectivity index (χ0v) is 8.33. The van der Waals surface area contributed by atoms with Gasteiger partial charge in [0, 0.05) is 12.6 Å². The van der Waals surface area contributed by atoms with Gasteiger partial charge in [-0.05, 0) is 18.6 Å². The number of benzene rings is 1. The van der Waals surface area contributed by atoms with Crippen LogP contribution in [0.25, 0.3) is 0 Å². The van der Waals surface area contributed by atoms with E-state index in [1.807, 2.05) is 19.1 Å². The normalized spacial score (nSPS) is 9.57. The van der Waals surface area contributed by atoms with E-state index in [0.717, 1.165) is 17.4 Å². The summed E-state index contributed by atoms with van der Waals surface area (Å²) in [4.78, 5) is 21.8. The molecule has 0 aliphatic heterocycles. The molecule has 0 fully saturated rings. The van der Waals surface area contributed by atoms with Crippen molar-refractivity contribution in [3.05, 3.63) is 34.9 Å². The Bertz CT molecular complexity index is 358. The minimum absolute atomic E-state index is 0.0862. The van der Waals surface area contributed by atoms with Gasteiger partial charge in [0.1, 0.15) is 6.29 Å². The number of aldehydes is 1. The monoisotopic (exact) mass is 191 g/mol. The first-order valence-electron chi connectivity index (χ1n) is 4.42. The van der Waals surface area contributed by atoms with E-state index in [1.54, 1.807) is 13.1 Å². The van der Waals surface area contributed by atoms with Crippen LogP contribution < -0.4 is 5.32 Å². The summed E-state index contributed by atoms with van der Waals surface area (Å²) in [6.45, 7) is 1.91. The highest BCUT2D eigenvalue weighted by Crippen LogP contribution is 2.10. The van der Waals surface area contributed by atoms with Crippen LogP contribution >= 0.6 is 0 Å². The summed E-state index contributed by atoms with van der Waals surface area (Å²) in [5, 5.41) is 2.52. The Morgan fingerprint density at radius 2 is 2.21 bits per heavy atom. The third-order valence-electron chi connectivity index (χ3n) is 2.06. The third-order valence-corrected chi connectivity index (χ3v) is 2.06. The van der Waals surface area contributed by atoms with Gasteiger partial charge in [-0.3, -0.25) is 9.59 Å². The smallest absolute Gasteiger partial charge is 0.224 e. The van der Waals surface area contributed by atoms with E-state index in [-0.39, 0.29) is 12.3 Å². The van der Waals surface area contributed by atoms with Crippen molar-refractivity contribution in [2.75, 3.05) is 7.05 Å². The Kier molecular flexibility index (Phi) is 3.40. The summed E-state index contributed by atoms with van der Waals surface area (Å²) in [5.74, 6) is -0.0862. The van der Waals surface area contributed by atoms with E-state index < -0.39 is 0 Å². The molecule has 1 N–H and O–H groups in total. The van der Waals surface area contributed by atoms with Crippen LogP contribution in [0.4, 0.5) is 0 Å². The molecule has 0 radical (unpaired) electrons. The summed E-state index contributed by atoms with van der Waals surface area (Å²) >= 11 is 0. The average molecular weight is 191 g/mol. The van der Waals surface area contributed by atoms with Crippen LogP contribution in [0.3, 0.4) is 0 Å². The van der Waals surface area contributed by atoms with Crippen molar-refractivity contribution in [2.45, 2.75) is 13.3 Å². The Balaban J connectivity index is 2.96. The minimum Gasteiger partial charge on any atom is -0.359 e. The first kappa shape index (κ1) is 10.4. The SMILES string of the molecule is CNC(=O)Cc1ccc(C)cc1C=O. The molecule has 0 aliphatic carbocycles. The molecule has 0 aromatic heterocycles. The van der Waals surface area contributed by atoms with Crippen LogP contribution in [0, 0.1) is 6.92 Å². The van der Waals surface area contributed by atoms with Gasteiger partial charge in [0.15, 0.2) is 0 Å². The summed E-state index contributed by atoms with van der Waals surface area (Å²) in [7, 11) is 1.58. The zero-order valence-electron chi connectivity index (χ0n) is 8.33. The lowest BCUT2D eigenvalue weighted by atomic mass is 10.0. The minimum atomic E-state index is -0.0862. The van der Waals surface area contributed by atoms with Gasteiger partial charge in [0.2, 0.25) is 5.91 Å². The molecule has 0 saturated heterocycles. The summed E-state index contributed by atoms with van der Waals surface area (Å²) in [6.07, 6.45) is 1.04. The van der Waals surface area contributed by atoms with Gasteiger partial charge < -0.3 is 5.32 Å². The molecule has 3 nitrogen and oxygen atoms in total. The highest BCUT2D eigenvalue weighted by atomic mass is 16.1.